The van der Waals surface area contributed by atoms with Crippen LogP contribution in [-0.2, 0) is 11.3 Å². The summed E-state index contributed by atoms with van der Waals surface area (Å²) in [5.74, 6) is 1.45. The van der Waals surface area contributed by atoms with Crippen LogP contribution in [0, 0.1) is 13.8 Å². The molecule has 0 aliphatic carbocycles. The number of aromatic nitrogens is 1. The molecule has 5 nitrogen and oxygen atoms in total. The number of carbonyl (C=O) groups is 1. The fourth-order valence-electron chi connectivity index (χ4n) is 4.04. The third kappa shape index (κ3) is 5.99. The van der Waals surface area contributed by atoms with E-state index in [0.29, 0.717) is 6.54 Å². The first-order valence-corrected chi connectivity index (χ1v) is 11.8. The van der Waals surface area contributed by atoms with Gasteiger partial charge in [-0.15, -0.1) is 0 Å². The van der Waals surface area contributed by atoms with Gasteiger partial charge in [0.05, 0.1) is 25.6 Å². The Labute approximate surface area is 212 Å². The maximum Gasteiger partial charge on any atom is 0.244 e. The molecule has 0 aliphatic heterocycles. The van der Waals surface area contributed by atoms with Crippen LogP contribution in [0.3, 0.4) is 0 Å². The molecule has 0 radical (unpaired) electrons. The molecule has 36 heavy (non-hydrogen) atoms. The van der Waals surface area contributed by atoms with Crippen molar-refractivity contribution >= 4 is 12.0 Å². The number of ether oxygens (including phenoxy) is 2. The lowest BCUT2D eigenvalue weighted by molar-refractivity contribution is -0.116. The summed E-state index contributed by atoms with van der Waals surface area (Å²) in [4.78, 5) is 17.5. The summed E-state index contributed by atoms with van der Waals surface area (Å²) < 4.78 is 10.7. The van der Waals surface area contributed by atoms with E-state index in [2.05, 4.69) is 5.32 Å². The van der Waals surface area contributed by atoms with Crippen LogP contribution < -0.4 is 14.8 Å². The van der Waals surface area contributed by atoms with Crippen LogP contribution >= 0.6 is 0 Å². The molecule has 0 saturated heterocycles. The molecular weight excluding hydrogens is 448 g/mol. The van der Waals surface area contributed by atoms with Crippen molar-refractivity contribution in [1.82, 2.24) is 10.3 Å². The zero-order valence-corrected chi connectivity index (χ0v) is 21.0. The van der Waals surface area contributed by atoms with Gasteiger partial charge in [0.25, 0.3) is 0 Å². The van der Waals surface area contributed by atoms with Crippen LogP contribution in [0.4, 0.5) is 0 Å². The highest BCUT2D eigenvalue weighted by Gasteiger charge is 2.12. The molecule has 0 atom stereocenters. The molecule has 5 heteroatoms. The van der Waals surface area contributed by atoms with Crippen molar-refractivity contribution in [2.75, 3.05) is 14.2 Å². The molecule has 1 heterocycles. The topological polar surface area (TPSA) is 60.5 Å². The van der Waals surface area contributed by atoms with Crippen molar-refractivity contribution in [2.45, 2.75) is 20.4 Å². The summed E-state index contributed by atoms with van der Waals surface area (Å²) >= 11 is 0. The normalized spacial score (nSPS) is 10.9. The molecule has 1 amide bonds. The average Bonchev–Trinajstić information content (AvgIpc) is 2.90. The molecule has 3 aromatic carbocycles. The Bertz CT molecular complexity index is 1320. The number of methoxy groups -OCH3 is 2. The van der Waals surface area contributed by atoms with E-state index in [0.717, 1.165) is 56.3 Å². The first-order chi connectivity index (χ1) is 17.5. The van der Waals surface area contributed by atoms with Gasteiger partial charge in [-0.25, -0.2) is 4.98 Å². The van der Waals surface area contributed by atoms with E-state index < -0.39 is 0 Å². The Kier molecular flexibility index (Phi) is 7.81. The first kappa shape index (κ1) is 24.7. The van der Waals surface area contributed by atoms with Gasteiger partial charge in [-0.3, -0.25) is 4.79 Å². The number of rotatable bonds is 8. The number of nitrogens with one attached hydrogen (secondary N) is 1. The second kappa shape index (κ2) is 11.4. The van der Waals surface area contributed by atoms with E-state index in [1.54, 1.807) is 20.3 Å². The highest BCUT2D eigenvalue weighted by atomic mass is 16.5. The number of aryl methyl sites for hydroxylation is 2. The molecule has 1 aromatic heterocycles. The second-order valence-corrected chi connectivity index (χ2v) is 8.57. The number of hydrogen-bond donors (Lipinski definition) is 1. The number of pyridine rings is 1. The molecule has 0 spiro atoms. The monoisotopic (exact) mass is 478 g/mol. The Hall–Kier alpha value is -4.38. The van der Waals surface area contributed by atoms with E-state index in [1.807, 2.05) is 98.8 Å². The second-order valence-electron chi connectivity index (χ2n) is 8.57. The van der Waals surface area contributed by atoms with Crippen molar-refractivity contribution < 1.29 is 14.3 Å². The maximum atomic E-state index is 12.5. The van der Waals surface area contributed by atoms with E-state index in [9.17, 15) is 4.79 Å². The van der Waals surface area contributed by atoms with Crippen LogP contribution in [-0.4, -0.2) is 25.1 Å². The standard InChI is InChI=1S/C31H30N2O3/c1-21-16-25(35-3)11-13-27(21)29-18-24(10-15-31(34)32-20-23-8-6-5-7-9-23)19-30(33-29)28-14-12-26(36-4)17-22(28)2/h5-19H,20H2,1-4H3,(H,32,34)/b15-10+. The largest absolute Gasteiger partial charge is 0.497 e. The average molecular weight is 479 g/mol. The van der Waals surface area contributed by atoms with Gasteiger partial charge in [0.1, 0.15) is 11.5 Å². The van der Waals surface area contributed by atoms with Crippen molar-refractivity contribution in [3.8, 4) is 34.0 Å². The molecular formula is C31H30N2O3. The third-order valence-electron chi connectivity index (χ3n) is 6.00. The summed E-state index contributed by atoms with van der Waals surface area (Å²) in [5.41, 5.74) is 7.72. The Balaban J connectivity index is 1.69. The Morgan fingerprint density at radius 3 is 1.86 bits per heavy atom. The van der Waals surface area contributed by atoms with E-state index >= 15 is 0 Å². The molecule has 0 bridgehead atoms. The zero-order valence-electron chi connectivity index (χ0n) is 21.0. The molecule has 0 fully saturated rings. The summed E-state index contributed by atoms with van der Waals surface area (Å²) in [6.45, 7) is 4.56. The minimum atomic E-state index is -0.153. The van der Waals surface area contributed by atoms with Crippen LogP contribution in [0.2, 0.25) is 0 Å². The van der Waals surface area contributed by atoms with Crippen molar-refractivity contribution in [2.24, 2.45) is 0 Å². The molecule has 1 N–H and O–H groups in total. The van der Waals surface area contributed by atoms with E-state index in [-0.39, 0.29) is 5.91 Å². The van der Waals surface area contributed by atoms with Crippen molar-refractivity contribution in [3.05, 3.63) is 107 Å². The SMILES string of the molecule is COc1ccc(-c2cc(/C=C/C(=O)NCc3ccccc3)cc(-c3ccc(OC)cc3C)n2)c(C)c1. The number of carbonyl (C=O) groups excluding carboxylic acids is 1. The smallest absolute Gasteiger partial charge is 0.244 e. The van der Waals surface area contributed by atoms with E-state index in [1.165, 1.54) is 0 Å². The van der Waals surface area contributed by atoms with Crippen LogP contribution in [0.15, 0.2) is 84.9 Å². The van der Waals surface area contributed by atoms with Gasteiger partial charge in [-0.1, -0.05) is 30.3 Å². The Morgan fingerprint density at radius 2 is 1.36 bits per heavy atom. The van der Waals surface area contributed by atoms with Gasteiger partial charge in [0, 0.05) is 23.7 Å². The van der Waals surface area contributed by atoms with E-state index in [4.69, 9.17) is 14.5 Å². The highest BCUT2D eigenvalue weighted by Crippen LogP contribution is 2.31. The Morgan fingerprint density at radius 1 is 0.806 bits per heavy atom. The van der Waals surface area contributed by atoms with Gasteiger partial charge in [0.15, 0.2) is 0 Å². The van der Waals surface area contributed by atoms with Crippen molar-refractivity contribution in [1.29, 1.82) is 0 Å². The number of nitrogens with zero attached hydrogens (tertiary/aromatic N) is 1. The predicted octanol–water partition coefficient (Wildman–Crippen LogP) is 6.38. The fraction of sp³-hybridized carbons (Fsp3) is 0.161. The molecule has 0 saturated carbocycles. The van der Waals surface area contributed by atoms with Crippen LogP contribution in [0.25, 0.3) is 28.6 Å². The summed E-state index contributed by atoms with van der Waals surface area (Å²) in [6, 6.07) is 25.7. The quantitative estimate of drug-likeness (QED) is 0.299. The summed E-state index contributed by atoms with van der Waals surface area (Å²) in [5, 5.41) is 2.94. The molecule has 4 aromatic rings. The van der Waals surface area contributed by atoms with Crippen LogP contribution in [0.1, 0.15) is 22.3 Å². The fourth-order valence-corrected chi connectivity index (χ4v) is 4.04. The van der Waals surface area contributed by atoms with Gasteiger partial charge < -0.3 is 14.8 Å². The minimum absolute atomic E-state index is 0.153. The maximum absolute atomic E-state index is 12.5. The lowest BCUT2D eigenvalue weighted by atomic mass is 9.99. The third-order valence-corrected chi connectivity index (χ3v) is 6.00. The van der Waals surface area contributed by atoms with Crippen LogP contribution in [0.5, 0.6) is 11.5 Å². The van der Waals surface area contributed by atoms with Gasteiger partial charge in [0.2, 0.25) is 5.91 Å². The van der Waals surface area contributed by atoms with Gasteiger partial charge >= 0.3 is 0 Å². The van der Waals surface area contributed by atoms with Gasteiger partial charge in [-0.05, 0) is 90.7 Å². The molecule has 182 valence electrons. The zero-order chi connectivity index (χ0) is 25.5. The van der Waals surface area contributed by atoms with Gasteiger partial charge in [-0.2, -0.15) is 0 Å². The highest BCUT2D eigenvalue weighted by molar-refractivity contribution is 5.92. The molecule has 0 unspecified atom stereocenters. The number of benzene rings is 3. The van der Waals surface area contributed by atoms with Crippen molar-refractivity contribution in [3.63, 3.8) is 0 Å². The predicted molar refractivity (Wildman–Crippen MR) is 145 cm³/mol. The minimum Gasteiger partial charge on any atom is -0.497 e. The molecule has 0 aliphatic rings. The lowest BCUT2D eigenvalue weighted by Gasteiger charge is -2.13. The number of amides is 1. The summed E-state index contributed by atoms with van der Waals surface area (Å²) in [6.07, 6.45) is 3.39. The summed E-state index contributed by atoms with van der Waals surface area (Å²) in [7, 11) is 3.32. The first-order valence-electron chi connectivity index (χ1n) is 11.8. The lowest BCUT2D eigenvalue weighted by Crippen LogP contribution is -2.20. The molecule has 4 rings (SSSR count). The number of hydrogen-bond acceptors (Lipinski definition) is 4.